The van der Waals surface area contributed by atoms with Gasteiger partial charge in [-0.3, -0.25) is 4.79 Å². The van der Waals surface area contributed by atoms with Crippen molar-refractivity contribution in [1.82, 2.24) is 9.99 Å². The van der Waals surface area contributed by atoms with Crippen LogP contribution in [-0.2, 0) is 16.1 Å². The fraction of sp³-hybridized carbons (Fsp3) is 0.207. The van der Waals surface area contributed by atoms with E-state index in [0.717, 1.165) is 17.1 Å². The van der Waals surface area contributed by atoms with Gasteiger partial charge in [-0.25, -0.2) is 10.2 Å². The number of benzene rings is 2. The zero-order chi connectivity index (χ0) is 26.9. The molecule has 0 saturated heterocycles. The Morgan fingerprint density at radius 1 is 0.947 bits per heavy atom. The van der Waals surface area contributed by atoms with E-state index >= 15 is 0 Å². The minimum atomic E-state index is -0.515. The summed E-state index contributed by atoms with van der Waals surface area (Å²) in [5.74, 6) is 0.734. The number of para-hydroxylation sites is 1. The Hall–Kier alpha value is -4.79. The zero-order valence-corrected chi connectivity index (χ0v) is 21.5. The van der Waals surface area contributed by atoms with Crippen molar-refractivity contribution in [1.29, 1.82) is 0 Å². The number of aryl methyl sites for hydroxylation is 2. The molecule has 0 saturated carbocycles. The van der Waals surface area contributed by atoms with Crippen LogP contribution in [0.5, 0.6) is 11.5 Å². The van der Waals surface area contributed by atoms with Gasteiger partial charge in [-0.15, -0.1) is 0 Å². The molecule has 0 unspecified atom stereocenters. The molecule has 9 heteroatoms. The Bertz CT molecular complexity index is 1400. The van der Waals surface area contributed by atoms with E-state index in [0.29, 0.717) is 22.8 Å². The second-order valence-corrected chi connectivity index (χ2v) is 8.33. The van der Waals surface area contributed by atoms with Gasteiger partial charge in [0.25, 0.3) is 0 Å². The second kappa shape index (κ2) is 12.4. The lowest BCUT2D eigenvalue weighted by molar-refractivity contribution is -0.145. The lowest BCUT2D eigenvalue weighted by Gasteiger charge is -2.10. The minimum Gasteiger partial charge on any atom is -0.486 e. The highest BCUT2D eigenvalue weighted by atomic mass is 16.6. The Morgan fingerprint density at radius 3 is 2.42 bits per heavy atom. The molecule has 0 bridgehead atoms. The van der Waals surface area contributed by atoms with Crippen LogP contribution < -0.4 is 14.9 Å². The molecule has 0 atom stereocenters. The fourth-order valence-corrected chi connectivity index (χ4v) is 3.77. The molecule has 9 nitrogen and oxygen atoms in total. The van der Waals surface area contributed by atoms with E-state index in [-0.39, 0.29) is 25.6 Å². The van der Waals surface area contributed by atoms with Crippen molar-refractivity contribution in [2.75, 3.05) is 13.2 Å². The molecule has 1 amide bonds. The van der Waals surface area contributed by atoms with Crippen LogP contribution in [0.4, 0.5) is 0 Å². The van der Waals surface area contributed by atoms with Gasteiger partial charge in [-0.2, -0.15) is 5.10 Å². The number of hydrazone groups is 1. The van der Waals surface area contributed by atoms with Crippen molar-refractivity contribution < 1.29 is 28.2 Å². The largest absolute Gasteiger partial charge is 0.486 e. The summed E-state index contributed by atoms with van der Waals surface area (Å²) in [6.45, 7) is 6.08. The van der Waals surface area contributed by atoms with E-state index in [1.165, 1.54) is 6.21 Å². The predicted molar refractivity (Wildman–Crippen MR) is 142 cm³/mol. The lowest BCUT2D eigenvalue weighted by Crippen LogP contribution is -2.17. The smallest absolute Gasteiger partial charge is 0.344 e. The summed E-state index contributed by atoms with van der Waals surface area (Å²) in [7, 11) is 0. The van der Waals surface area contributed by atoms with Gasteiger partial charge in [-0.05, 0) is 81.4 Å². The van der Waals surface area contributed by atoms with Gasteiger partial charge in [0.2, 0.25) is 0 Å². The summed E-state index contributed by atoms with van der Waals surface area (Å²) < 4.78 is 23.9. The first kappa shape index (κ1) is 26.3. The van der Waals surface area contributed by atoms with E-state index in [2.05, 4.69) is 41.1 Å². The van der Waals surface area contributed by atoms with Crippen molar-refractivity contribution in [2.24, 2.45) is 5.10 Å². The summed E-state index contributed by atoms with van der Waals surface area (Å²) >= 11 is 0. The number of esters is 1. The van der Waals surface area contributed by atoms with Crippen molar-refractivity contribution in [3.05, 3.63) is 101 Å². The normalized spacial score (nSPS) is 10.9. The minimum absolute atomic E-state index is 0.0986. The Morgan fingerprint density at radius 2 is 1.68 bits per heavy atom. The van der Waals surface area contributed by atoms with E-state index in [1.54, 1.807) is 43.3 Å². The highest BCUT2D eigenvalue weighted by molar-refractivity contribution is 5.92. The number of furan rings is 1. The lowest BCUT2D eigenvalue weighted by atomic mass is 10.2. The third-order valence-corrected chi connectivity index (χ3v) is 5.57. The molecule has 196 valence electrons. The first-order valence-electron chi connectivity index (χ1n) is 12.1. The molecule has 2 heterocycles. The standard InChI is InChI=1S/C29H29N3O6/c1-4-35-28(33)19-37-26-8-6-5-7-22(26)17-30-31-29(34)27-16-15-25(38-27)18-36-24-13-11-23(12-14-24)32-20(2)9-10-21(32)3/h5-17H,4,18-19H2,1-3H3,(H,31,34)/b30-17+. The number of ether oxygens (including phenoxy) is 3. The third-order valence-electron chi connectivity index (χ3n) is 5.57. The van der Waals surface area contributed by atoms with Crippen molar-refractivity contribution in [3.63, 3.8) is 0 Å². The van der Waals surface area contributed by atoms with Gasteiger partial charge in [0.15, 0.2) is 12.4 Å². The number of carbonyl (C=O) groups excluding carboxylic acids is 2. The van der Waals surface area contributed by atoms with Crippen LogP contribution in [0.1, 0.15) is 40.2 Å². The van der Waals surface area contributed by atoms with Crippen LogP contribution in [0.15, 0.2) is 82.3 Å². The SMILES string of the molecule is CCOC(=O)COc1ccccc1/C=N/NC(=O)c1ccc(COc2ccc(-n3c(C)ccc3C)cc2)o1. The average Bonchev–Trinajstić information content (AvgIpc) is 3.53. The van der Waals surface area contributed by atoms with Crippen LogP contribution in [0.25, 0.3) is 5.69 Å². The van der Waals surface area contributed by atoms with Crippen LogP contribution in [0.3, 0.4) is 0 Å². The third kappa shape index (κ3) is 6.70. The number of carbonyl (C=O) groups is 2. The predicted octanol–water partition coefficient (Wildman–Crippen LogP) is 4.97. The molecule has 2 aromatic heterocycles. The van der Waals surface area contributed by atoms with Gasteiger partial charge in [0.05, 0.1) is 12.8 Å². The summed E-state index contributed by atoms with van der Waals surface area (Å²) in [5.41, 5.74) is 6.38. The quantitative estimate of drug-likeness (QED) is 0.172. The number of hydrogen-bond donors (Lipinski definition) is 1. The number of nitrogens with zero attached hydrogens (tertiary/aromatic N) is 2. The monoisotopic (exact) mass is 515 g/mol. The molecule has 0 aliphatic carbocycles. The summed E-state index contributed by atoms with van der Waals surface area (Å²) in [4.78, 5) is 24.0. The van der Waals surface area contributed by atoms with E-state index < -0.39 is 11.9 Å². The van der Waals surface area contributed by atoms with Gasteiger partial charge >= 0.3 is 11.9 Å². The molecule has 1 N–H and O–H groups in total. The highest BCUT2D eigenvalue weighted by Gasteiger charge is 2.12. The second-order valence-electron chi connectivity index (χ2n) is 8.33. The zero-order valence-electron chi connectivity index (χ0n) is 21.5. The first-order valence-corrected chi connectivity index (χ1v) is 12.1. The number of nitrogens with one attached hydrogen (secondary N) is 1. The van der Waals surface area contributed by atoms with Crippen molar-refractivity contribution >= 4 is 18.1 Å². The first-order chi connectivity index (χ1) is 18.4. The molecule has 0 spiro atoms. The molecule has 0 aliphatic heterocycles. The molecule has 2 aromatic carbocycles. The Labute approximate surface area is 220 Å². The fourth-order valence-electron chi connectivity index (χ4n) is 3.77. The number of aromatic nitrogens is 1. The molecule has 0 aliphatic rings. The van der Waals surface area contributed by atoms with Gasteiger partial charge in [0, 0.05) is 22.6 Å². The Balaban J connectivity index is 1.29. The molecule has 0 radical (unpaired) electrons. The van der Waals surface area contributed by atoms with E-state index in [9.17, 15) is 9.59 Å². The molecule has 38 heavy (non-hydrogen) atoms. The van der Waals surface area contributed by atoms with Crippen LogP contribution in [0, 0.1) is 13.8 Å². The Kier molecular flexibility index (Phi) is 8.61. The maximum absolute atomic E-state index is 12.4. The van der Waals surface area contributed by atoms with Gasteiger partial charge in [0.1, 0.15) is 23.9 Å². The van der Waals surface area contributed by atoms with Crippen molar-refractivity contribution in [3.8, 4) is 17.2 Å². The highest BCUT2D eigenvalue weighted by Crippen LogP contribution is 2.21. The van der Waals surface area contributed by atoms with E-state index in [1.807, 2.05) is 24.3 Å². The number of amides is 1. The molecule has 4 rings (SSSR count). The van der Waals surface area contributed by atoms with Crippen LogP contribution in [-0.4, -0.2) is 35.9 Å². The number of hydrogen-bond acceptors (Lipinski definition) is 7. The molecular weight excluding hydrogens is 486 g/mol. The van der Waals surface area contributed by atoms with Crippen molar-refractivity contribution in [2.45, 2.75) is 27.4 Å². The van der Waals surface area contributed by atoms with Gasteiger partial charge < -0.3 is 23.2 Å². The summed E-state index contributed by atoms with van der Waals surface area (Å²) in [6.07, 6.45) is 1.42. The summed E-state index contributed by atoms with van der Waals surface area (Å²) in [5, 5.41) is 3.97. The van der Waals surface area contributed by atoms with Crippen LogP contribution >= 0.6 is 0 Å². The van der Waals surface area contributed by atoms with E-state index in [4.69, 9.17) is 18.6 Å². The maximum Gasteiger partial charge on any atom is 0.344 e. The molecule has 0 fully saturated rings. The molecule has 4 aromatic rings. The average molecular weight is 516 g/mol. The van der Waals surface area contributed by atoms with Gasteiger partial charge in [-0.1, -0.05) is 12.1 Å². The molecular formula is C29H29N3O6. The number of rotatable bonds is 11. The van der Waals surface area contributed by atoms with Crippen LogP contribution in [0.2, 0.25) is 0 Å². The topological polar surface area (TPSA) is 104 Å². The summed E-state index contributed by atoms with van der Waals surface area (Å²) in [6, 6.07) is 22.2. The maximum atomic E-state index is 12.4.